The molecule has 97 valence electrons. The fourth-order valence-electron chi connectivity index (χ4n) is 2.14. The summed E-state index contributed by atoms with van der Waals surface area (Å²) in [7, 11) is 9.73. The first-order chi connectivity index (χ1) is 8.04. The second kappa shape index (κ2) is 5.90. The van der Waals surface area contributed by atoms with Gasteiger partial charge in [0, 0.05) is 0 Å². The first-order valence-corrected chi connectivity index (χ1v) is 5.37. The Morgan fingerprint density at radius 1 is 1.24 bits per heavy atom. The zero-order chi connectivity index (χ0) is 13.1. The molecule has 0 spiro atoms. The molecule has 1 aliphatic rings. The van der Waals surface area contributed by atoms with Gasteiger partial charge in [0.05, 0.1) is 0 Å². The van der Waals surface area contributed by atoms with Crippen LogP contribution < -0.4 is 0 Å². The Kier molecular flexibility index (Phi) is 5.06. The second-order valence-electron chi connectivity index (χ2n) is 4.10. The molecule has 0 N–H and O–H groups in total. The molecule has 0 saturated carbocycles. The van der Waals surface area contributed by atoms with E-state index in [1.807, 2.05) is 13.8 Å². The summed E-state index contributed by atoms with van der Waals surface area (Å²) in [4.78, 5) is 4.95. The van der Waals surface area contributed by atoms with Gasteiger partial charge in [0.15, 0.2) is 0 Å². The maximum absolute atomic E-state index is 5.64. The molecule has 0 amide bonds. The molecule has 1 heterocycles. The van der Waals surface area contributed by atoms with Crippen LogP contribution in [0.2, 0.25) is 0 Å². The van der Waals surface area contributed by atoms with E-state index < -0.39 is 18.0 Å². The van der Waals surface area contributed by atoms with Crippen LogP contribution in [0.4, 0.5) is 0 Å². The van der Waals surface area contributed by atoms with Crippen molar-refractivity contribution in [1.82, 2.24) is 0 Å². The van der Waals surface area contributed by atoms with Crippen molar-refractivity contribution in [3.05, 3.63) is 0 Å². The van der Waals surface area contributed by atoms with Crippen molar-refractivity contribution in [2.24, 2.45) is 5.06 Å². The third-order valence-electron chi connectivity index (χ3n) is 3.41. The molecule has 6 nitrogen and oxygen atoms in total. The van der Waals surface area contributed by atoms with Gasteiger partial charge in [-0.1, -0.05) is 0 Å². The van der Waals surface area contributed by atoms with Gasteiger partial charge in [-0.05, 0) is 0 Å². The van der Waals surface area contributed by atoms with Crippen LogP contribution in [0.15, 0.2) is 5.06 Å². The van der Waals surface area contributed by atoms with E-state index in [9.17, 15) is 0 Å². The summed E-state index contributed by atoms with van der Waals surface area (Å²) in [5.74, 6) is 0. The second-order valence-corrected chi connectivity index (χ2v) is 4.10. The fourth-order valence-corrected chi connectivity index (χ4v) is 2.14. The van der Waals surface area contributed by atoms with Crippen LogP contribution in [0.3, 0.4) is 0 Å². The zero-order valence-electron chi connectivity index (χ0n) is 10.9. The molecule has 1 rings (SSSR count). The van der Waals surface area contributed by atoms with Crippen molar-refractivity contribution in [3.8, 4) is 0 Å². The van der Waals surface area contributed by atoms with E-state index in [2.05, 4.69) is 5.06 Å². The van der Waals surface area contributed by atoms with E-state index in [0.717, 1.165) is 0 Å². The van der Waals surface area contributed by atoms with Crippen LogP contribution in [0.5, 0.6) is 0 Å². The van der Waals surface area contributed by atoms with Crippen LogP contribution >= 0.6 is 0 Å². The van der Waals surface area contributed by atoms with Gasteiger partial charge >= 0.3 is 102 Å². The predicted molar refractivity (Wildman–Crippen MR) is 60.6 cm³/mol. The van der Waals surface area contributed by atoms with E-state index in [1.165, 1.54) is 0 Å². The van der Waals surface area contributed by atoms with Crippen LogP contribution in [-0.4, -0.2) is 59.2 Å². The van der Waals surface area contributed by atoms with Crippen molar-refractivity contribution >= 4 is 7.64 Å². The summed E-state index contributed by atoms with van der Waals surface area (Å²) in [6.07, 6.45) is -1.80. The molecule has 1 radical (unpaired) electrons. The normalized spacial score (nSPS) is 42.1. The van der Waals surface area contributed by atoms with Gasteiger partial charge in [0.25, 0.3) is 0 Å². The Morgan fingerprint density at radius 2 is 1.88 bits per heavy atom. The van der Waals surface area contributed by atoms with Gasteiger partial charge in [-0.3, -0.25) is 0 Å². The number of ether oxygens (including phenoxy) is 4. The molecule has 1 aliphatic heterocycles. The fraction of sp³-hybridized carbons (Fsp3) is 1.00. The number of nitrogens with zero attached hydrogens (tertiary/aromatic N) is 1. The molecule has 17 heavy (non-hydrogen) atoms. The number of rotatable bonds is 5. The van der Waals surface area contributed by atoms with Crippen LogP contribution in [0, 0.1) is 0 Å². The Morgan fingerprint density at radius 3 is 2.29 bits per heavy atom. The zero-order valence-corrected chi connectivity index (χ0v) is 10.9. The monoisotopic (exact) mass is 244 g/mol. The summed E-state index contributed by atoms with van der Waals surface area (Å²) in [6.45, 7) is 3.77. The molecule has 1 fully saturated rings. The van der Waals surface area contributed by atoms with Gasteiger partial charge in [0.2, 0.25) is 0 Å². The van der Waals surface area contributed by atoms with Crippen molar-refractivity contribution in [3.63, 3.8) is 0 Å². The quantitative estimate of drug-likeness (QED) is 0.519. The Hall–Kier alpha value is -0.495. The Bertz CT molecular complexity index is 267. The summed E-state index contributed by atoms with van der Waals surface area (Å²) < 4.78 is 21.9. The van der Waals surface area contributed by atoms with Gasteiger partial charge in [-0.25, -0.2) is 0 Å². The first kappa shape index (κ1) is 14.6. The van der Waals surface area contributed by atoms with Crippen molar-refractivity contribution in [1.29, 1.82) is 0 Å². The average Bonchev–Trinajstić information content (AvgIpc) is 2.33. The first-order valence-electron chi connectivity index (χ1n) is 5.37. The molecule has 0 aliphatic carbocycles. The van der Waals surface area contributed by atoms with Crippen LogP contribution in [0.25, 0.3) is 0 Å². The molecule has 0 aromatic carbocycles. The minimum absolute atomic E-state index is 0.254. The third kappa shape index (κ3) is 2.52. The van der Waals surface area contributed by atoms with Gasteiger partial charge in [-0.2, -0.15) is 0 Å². The molecule has 0 aromatic heterocycles. The van der Waals surface area contributed by atoms with Crippen LogP contribution in [0.1, 0.15) is 13.8 Å². The van der Waals surface area contributed by atoms with Crippen LogP contribution in [-0.2, 0) is 23.8 Å². The summed E-state index contributed by atoms with van der Waals surface area (Å²) in [5, 5.41) is 3.13. The van der Waals surface area contributed by atoms with Gasteiger partial charge < -0.3 is 0 Å². The van der Waals surface area contributed by atoms with E-state index in [4.69, 9.17) is 31.4 Å². The predicted octanol–water partition coefficient (Wildman–Crippen LogP) is 0.450. The molecule has 1 saturated heterocycles. The SMILES string of the molecule is [B]=NOC1OC(C)C(C)(OC)C(OC)C1OC. The summed E-state index contributed by atoms with van der Waals surface area (Å²) >= 11 is 0. The molecule has 0 aromatic rings. The maximum atomic E-state index is 5.64. The minimum atomic E-state index is -0.715. The third-order valence-corrected chi connectivity index (χ3v) is 3.41. The molecule has 5 atom stereocenters. The summed E-state index contributed by atoms with van der Waals surface area (Å²) in [5.41, 5.74) is -0.635. The Labute approximate surface area is 103 Å². The summed E-state index contributed by atoms with van der Waals surface area (Å²) in [6, 6.07) is 0. The van der Waals surface area contributed by atoms with Crippen molar-refractivity contribution in [2.45, 2.75) is 44.1 Å². The molecule has 0 bridgehead atoms. The van der Waals surface area contributed by atoms with Crippen molar-refractivity contribution < 1.29 is 23.8 Å². The topological polar surface area (TPSA) is 58.5 Å². The average molecular weight is 244 g/mol. The Balaban J connectivity index is 2.98. The molecular weight excluding hydrogens is 225 g/mol. The molecule has 7 heteroatoms. The van der Waals surface area contributed by atoms with Gasteiger partial charge in [0.1, 0.15) is 0 Å². The van der Waals surface area contributed by atoms with E-state index >= 15 is 0 Å². The van der Waals surface area contributed by atoms with E-state index in [-0.39, 0.29) is 12.2 Å². The molecular formula is C10H19BNO5. The number of hydrogen-bond donors (Lipinski definition) is 0. The number of methoxy groups -OCH3 is 3. The number of hydrogen-bond acceptors (Lipinski definition) is 6. The van der Waals surface area contributed by atoms with Gasteiger partial charge in [-0.15, -0.1) is 0 Å². The van der Waals surface area contributed by atoms with E-state index in [1.54, 1.807) is 21.3 Å². The van der Waals surface area contributed by atoms with Crippen molar-refractivity contribution in [2.75, 3.05) is 21.3 Å². The molecule has 5 unspecified atom stereocenters. The standard InChI is InChI=1S/C10H19BNO5/c1-6-10(2,15-5)8(14-4)7(13-3)9(16-6)17-12-11/h6-9H,1-5H3. The van der Waals surface area contributed by atoms with E-state index in [0.29, 0.717) is 0 Å².